The van der Waals surface area contributed by atoms with Gasteiger partial charge in [-0.1, -0.05) is 30.3 Å². The smallest absolute Gasteiger partial charge is 0.231 e. The predicted octanol–water partition coefficient (Wildman–Crippen LogP) is 1.06. The molecule has 2 unspecified atom stereocenters. The van der Waals surface area contributed by atoms with Gasteiger partial charge in [-0.15, -0.1) is 0 Å². The van der Waals surface area contributed by atoms with E-state index in [4.69, 9.17) is 0 Å². The molecular formula is C12H11NO2. The summed E-state index contributed by atoms with van der Waals surface area (Å²) in [5.41, 5.74) is 1.17. The SMILES string of the molecule is O=C1NC(=O)C2C1C[C@H]2c1ccccc1. The number of carbonyl (C=O) groups is 2. The third-order valence-corrected chi connectivity index (χ3v) is 3.49. The maximum Gasteiger partial charge on any atom is 0.231 e. The van der Waals surface area contributed by atoms with Gasteiger partial charge in [0, 0.05) is 0 Å². The molecule has 1 saturated carbocycles. The molecule has 0 spiro atoms. The molecule has 2 aliphatic rings. The Balaban J connectivity index is 1.88. The highest BCUT2D eigenvalue weighted by molar-refractivity contribution is 6.07. The molecule has 15 heavy (non-hydrogen) atoms. The Morgan fingerprint density at radius 1 is 1.00 bits per heavy atom. The van der Waals surface area contributed by atoms with Crippen LogP contribution in [0.5, 0.6) is 0 Å². The highest BCUT2D eigenvalue weighted by Crippen LogP contribution is 2.49. The van der Waals surface area contributed by atoms with E-state index in [0.29, 0.717) is 0 Å². The first-order chi connectivity index (χ1) is 7.27. The first-order valence-corrected chi connectivity index (χ1v) is 5.17. The van der Waals surface area contributed by atoms with E-state index in [1.165, 1.54) is 5.56 Å². The van der Waals surface area contributed by atoms with Gasteiger partial charge in [0.1, 0.15) is 0 Å². The van der Waals surface area contributed by atoms with Crippen molar-refractivity contribution >= 4 is 11.8 Å². The molecule has 2 fully saturated rings. The van der Waals surface area contributed by atoms with Gasteiger partial charge in [0.25, 0.3) is 0 Å². The van der Waals surface area contributed by atoms with E-state index in [1.807, 2.05) is 30.3 Å². The molecule has 3 atom stereocenters. The van der Waals surface area contributed by atoms with Crippen molar-refractivity contribution in [2.75, 3.05) is 0 Å². The fourth-order valence-corrected chi connectivity index (χ4v) is 2.63. The van der Waals surface area contributed by atoms with Crippen LogP contribution >= 0.6 is 0 Å². The normalized spacial score (nSPS) is 33.2. The zero-order chi connectivity index (χ0) is 10.4. The molecule has 1 aromatic rings. The minimum Gasteiger partial charge on any atom is -0.296 e. The van der Waals surface area contributed by atoms with Crippen LogP contribution in [-0.2, 0) is 9.59 Å². The molecule has 1 aliphatic heterocycles. The van der Waals surface area contributed by atoms with Crippen molar-refractivity contribution in [3.63, 3.8) is 0 Å². The summed E-state index contributed by atoms with van der Waals surface area (Å²) < 4.78 is 0. The molecule has 3 heteroatoms. The molecule has 0 radical (unpaired) electrons. The summed E-state index contributed by atoms with van der Waals surface area (Å²) in [5.74, 6) is -0.118. The van der Waals surface area contributed by atoms with E-state index >= 15 is 0 Å². The van der Waals surface area contributed by atoms with Gasteiger partial charge in [-0.05, 0) is 17.9 Å². The summed E-state index contributed by atoms with van der Waals surface area (Å²) >= 11 is 0. The van der Waals surface area contributed by atoms with Gasteiger partial charge in [0.2, 0.25) is 11.8 Å². The second-order valence-electron chi connectivity index (χ2n) is 4.24. The van der Waals surface area contributed by atoms with Gasteiger partial charge in [-0.3, -0.25) is 14.9 Å². The number of nitrogens with one attached hydrogen (secondary N) is 1. The fourth-order valence-electron chi connectivity index (χ4n) is 2.63. The lowest BCUT2D eigenvalue weighted by Crippen LogP contribution is -2.36. The predicted molar refractivity (Wildman–Crippen MR) is 53.9 cm³/mol. The van der Waals surface area contributed by atoms with Crippen molar-refractivity contribution in [2.24, 2.45) is 11.8 Å². The maximum atomic E-state index is 11.5. The average molecular weight is 201 g/mol. The van der Waals surface area contributed by atoms with Crippen molar-refractivity contribution in [1.82, 2.24) is 5.32 Å². The summed E-state index contributed by atoms with van der Waals surface area (Å²) in [5, 5.41) is 2.40. The lowest BCUT2D eigenvalue weighted by Gasteiger charge is -2.36. The van der Waals surface area contributed by atoms with Crippen molar-refractivity contribution in [2.45, 2.75) is 12.3 Å². The van der Waals surface area contributed by atoms with Crippen LogP contribution < -0.4 is 5.32 Å². The van der Waals surface area contributed by atoms with E-state index in [0.717, 1.165) is 6.42 Å². The number of imide groups is 1. The molecule has 76 valence electrons. The van der Waals surface area contributed by atoms with Gasteiger partial charge in [0.15, 0.2) is 0 Å². The second-order valence-corrected chi connectivity index (χ2v) is 4.24. The van der Waals surface area contributed by atoms with E-state index in [1.54, 1.807) is 0 Å². The van der Waals surface area contributed by atoms with Crippen LogP contribution in [0.25, 0.3) is 0 Å². The fraction of sp³-hybridized carbons (Fsp3) is 0.333. The van der Waals surface area contributed by atoms with Crippen molar-refractivity contribution < 1.29 is 9.59 Å². The standard InChI is InChI=1S/C12H11NO2/c14-11-9-6-8(10(9)12(15)13-11)7-4-2-1-3-5-7/h1-5,8-10H,6H2,(H,13,14,15)/t8-,9?,10?/m0/s1. The topological polar surface area (TPSA) is 46.2 Å². The third kappa shape index (κ3) is 1.12. The van der Waals surface area contributed by atoms with Crippen molar-refractivity contribution in [3.8, 4) is 0 Å². The van der Waals surface area contributed by atoms with E-state index in [2.05, 4.69) is 5.32 Å². The molecule has 1 N–H and O–H groups in total. The van der Waals surface area contributed by atoms with E-state index < -0.39 is 0 Å². The summed E-state index contributed by atoms with van der Waals surface area (Å²) in [4.78, 5) is 22.8. The first kappa shape index (κ1) is 8.65. The van der Waals surface area contributed by atoms with Gasteiger partial charge in [0.05, 0.1) is 11.8 Å². The quantitative estimate of drug-likeness (QED) is 0.691. The monoisotopic (exact) mass is 201 g/mol. The molecular weight excluding hydrogens is 190 g/mol. The molecule has 0 aromatic heterocycles. The van der Waals surface area contributed by atoms with E-state index in [9.17, 15) is 9.59 Å². The summed E-state index contributed by atoms with van der Waals surface area (Å²) in [6.45, 7) is 0. The lowest BCUT2D eigenvalue weighted by molar-refractivity contribution is -0.125. The van der Waals surface area contributed by atoms with Crippen LogP contribution in [0, 0.1) is 11.8 Å². The van der Waals surface area contributed by atoms with Gasteiger partial charge >= 0.3 is 0 Å². The largest absolute Gasteiger partial charge is 0.296 e. The minimum absolute atomic E-state index is 0.0669. The number of hydrogen-bond acceptors (Lipinski definition) is 2. The van der Waals surface area contributed by atoms with Crippen LogP contribution in [0.3, 0.4) is 0 Å². The number of benzene rings is 1. The number of rotatable bonds is 1. The molecule has 1 aliphatic carbocycles. The Labute approximate surface area is 87.5 Å². The number of hydrogen-bond donors (Lipinski definition) is 1. The number of amides is 2. The molecule has 0 bridgehead atoms. The Morgan fingerprint density at radius 3 is 2.40 bits per heavy atom. The molecule has 2 amide bonds. The van der Waals surface area contributed by atoms with Gasteiger partial charge < -0.3 is 0 Å². The average Bonchev–Trinajstić information content (AvgIpc) is 2.37. The van der Waals surface area contributed by atoms with E-state index in [-0.39, 0.29) is 29.6 Å². The lowest BCUT2D eigenvalue weighted by atomic mass is 9.63. The van der Waals surface area contributed by atoms with Crippen LogP contribution in [-0.4, -0.2) is 11.8 Å². The highest BCUT2D eigenvalue weighted by Gasteiger charge is 2.54. The Morgan fingerprint density at radius 2 is 1.73 bits per heavy atom. The zero-order valence-corrected chi connectivity index (χ0v) is 8.14. The highest BCUT2D eigenvalue weighted by atomic mass is 16.2. The third-order valence-electron chi connectivity index (χ3n) is 3.49. The number of fused-ring (bicyclic) bond motifs is 1. The van der Waals surface area contributed by atoms with Crippen molar-refractivity contribution in [1.29, 1.82) is 0 Å². The van der Waals surface area contributed by atoms with Crippen LogP contribution in [0.15, 0.2) is 30.3 Å². The summed E-state index contributed by atoms with van der Waals surface area (Å²) in [6.07, 6.45) is 0.812. The Kier molecular flexibility index (Phi) is 1.69. The Hall–Kier alpha value is -1.64. The summed E-state index contributed by atoms with van der Waals surface area (Å²) in [7, 11) is 0. The molecule has 3 rings (SSSR count). The molecule has 1 saturated heterocycles. The Bertz CT molecular complexity index is 427. The number of carbonyl (C=O) groups excluding carboxylic acids is 2. The molecule has 1 aromatic carbocycles. The van der Waals surface area contributed by atoms with Gasteiger partial charge in [-0.2, -0.15) is 0 Å². The van der Waals surface area contributed by atoms with Crippen LogP contribution in [0.2, 0.25) is 0 Å². The zero-order valence-electron chi connectivity index (χ0n) is 8.14. The van der Waals surface area contributed by atoms with Crippen LogP contribution in [0.4, 0.5) is 0 Å². The van der Waals surface area contributed by atoms with Crippen LogP contribution in [0.1, 0.15) is 17.9 Å². The summed E-state index contributed by atoms with van der Waals surface area (Å²) in [6, 6.07) is 9.95. The minimum atomic E-state index is -0.111. The second kappa shape index (κ2) is 2.92. The first-order valence-electron chi connectivity index (χ1n) is 5.17. The maximum absolute atomic E-state index is 11.5. The van der Waals surface area contributed by atoms with Crippen molar-refractivity contribution in [3.05, 3.63) is 35.9 Å². The molecule has 3 nitrogen and oxygen atoms in total. The molecule has 1 heterocycles. The van der Waals surface area contributed by atoms with Gasteiger partial charge in [-0.25, -0.2) is 0 Å².